The van der Waals surface area contributed by atoms with Gasteiger partial charge in [0.25, 0.3) is 0 Å². The highest BCUT2D eigenvalue weighted by atomic mass is 16.8. The van der Waals surface area contributed by atoms with E-state index in [1.807, 2.05) is 0 Å². The molecule has 16 N–H and O–H groups in total. The van der Waals surface area contributed by atoms with Crippen LogP contribution in [-0.4, -0.2) is 274 Å². The summed E-state index contributed by atoms with van der Waals surface area (Å²) in [4.78, 5) is 15.3. The van der Waals surface area contributed by atoms with E-state index in [4.69, 9.17) is 47.4 Å². The Morgan fingerprint density at radius 1 is 0.558 bits per heavy atom. The molecule has 5 aliphatic heterocycles. The molecule has 10 aliphatic rings. The summed E-state index contributed by atoms with van der Waals surface area (Å²) in [6.45, 7) is 14.3. The van der Waals surface area contributed by atoms with Crippen molar-refractivity contribution in [2.24, 2.45) is 50.2 Å². The van der Waals surface area contributed by atoms with Crippen LogP contribution in [0, 0.1) is 50.2 Å². The van der Waals surface area contributed by atoms with Crippen molar-refractivity contribution in [2.45, 2.75) is 273 Å². The number of rotatable bonds is 13. The quantitative estimate of drug-likeness (QED) is 0.0482. The number of carbonyl (C=O) groups excluding carboxylic acids is 1. The molecule has 4 saturated carbocycles. The molecule has 86 heavy (non-hydrogen) atoms. The smallest absolute Gasteiger partial charge is 0.317 e. The Kier molecular flexibility index (Phi) is 19.2. The van der Waals surface area contributed by atoms with E-state index in [2.05, 4.69) is 54.5 Å². The summed E-state index contributed by atoms with van der Waals surface area (Å²) >= 11 is 0. The molecule has 0 aromatic rings. The van der Waals surface area contributed by atoms with Crippen LogP contribution < -0.4 is 0 Å². The number of ether oxygens (including phenoxy) is 10. The molecule has 5 saturated heterocycles. The maximum atomic E-state index is 15.3. The van der Waals surface area contributed by atoms with Crippen molar-refractivity contribution >= 4 is 5.97 Å². The molecule has 0 aromatic heterocycles. The molecule has 27 nitrogen and oxygen atoms in total. The minimum atomic E-state index is -1.98. The van der Waals surface area contributed by atoms with Crippen LogP contribution in [0.2, 0.25) is 0 Å². The summed E-state index contributed by atoms with van der Waals surface area (Å²) in [6, 6.07) is 0. The zero-order chi connectivity index (χ0) is 62.9. The summed E-state index contributed by atoms with van der Waals surface area (Å²) in [5.74, 6) is -1.24. The maximum Gasteiger partial charge on any atom is 0.317 e. The summed E-state index contributed by atoms with van der Waals surface area (Å²) in [6.07, 6.45) is -33.7. The molecule has 33 atom stereocenters. The second-order valence-corrected chi connectivity index (χ2v) is 28.8. The number of allylic oxidation sites excluding steroid dienone is 2. The predicted molar refractivity (Wildman–Crippen MR) is 289 cm³/mol. The third-order valence-electron chi connectivity index (χ3n) is 23.1. The lowest BCUT2D eigenvalue weighted by molar-refractivity contribution is -0.367. The van der Waals surface area contributed by atoms with Crippen molar-refractivity contribution in [3.63, 3.8) is 0 Å². The van der Waals surface area contributed by atoms with E-state index in [1.54, 1.807) is 0 Å². The molecule has 494 valence electrons. The molecular weight excluding hydrogens is 1140 g/mol. The number of hydrogen-bond donors (Lipinski definition) is 16. The number of hydrogen-bond acceptors (Lipinski definition) is 27. The number of aliphatic hydroxyl groups excluding tert-OH is 16. The highest BCUT2D eigenvalue weighted by molar-refractivity contribution is 5.80. The van der Waals surface area contributed by atoms with Gasteiger partial charge in [0.1, 0.15) is 115 Å². The van der Waals surface area contributed by atoms with Gasteiger partial charge in [0, 0.05) is 0 Å². The predicted octanol–water partition coefficient (Wildman–Crippen LogP) is -3.57. The lowest BCUT2D eigenvalue weighted by Crippen LogP contribution is -2.68. The number of fused-ring (bicyclic) bond motifs is 7. The van der Waals surface area contributed by atoms with Gasteiger partial charge in [-0.05, 0) is 110 Å². The van der Waals surface area contributed by atoms with E-state index in [9.17, 15) is 81.7 Å². The molecule has 5 heterocycles. The van der Waals surface area contributed by atoms with Crippen LogP contribution in [0.25, 0.3) is 0 Å². The Balaban J connectivity index is 0.837. The fourth-order valence-electron chi connectivity index (χ4n) is 17.7. The lowest BCUT2D eigenvalue weighted by atomic mass is 9.33. The summed E-state index contributed by atoms with van der Waals surface area (Å²) in [7, 11) is 0. The van der Waals surface area contributed by atoms with Gasteiger partial charge in [0.05, 0.1) is 44.7 Å². The van der Waals surface area contributed by atoms with Crippen molar-refractivity contribution in [3.05, 3.63) is 11.6 Å². The van der Waals surface area contributed by atoms with Crippen molar-refractivity contribution in [3.8, 4) is 0 Å². The average Bonchev–Trinajstić information content (AvgIpc) is 0.676. The van der Waals surface area contributed by atoms with Gasteiger partial charge in [-0.3, -0.25) is 4.79 Å². The van der Waals surface area contributed by atoms with Crippen molar-refractivity contribution in [2.75, 3.05) is 26.4 Å². The van der Waals surface area contributed by atoms with Crippen LogP contribution in [0.3, 0.4) is 0 Å². The van der Waals surface area contributed by atoms with Crippen molar-refractivity contribution in [1.29, 1.82) is 0 Å². The molecule has 0 bridgehead atoms. The minimum absolute atomic E-state index is 0.0713. The van der Waals surface area contributed by atoms with Gasteiger partial charge in [0.15, 0.2) is 25.2 Å². The number of esters is 1. The molecule has 9 fully saturated rings. The lowest BCUT2D eigenvalue weighted by Gasteiger charge is -2.71. The fourth-order valence-corrected chi connectivity index (χ4v) is 17.7. The van der Waals surface area contributed by atoms with Gasteiger partial charge in [0.2, 0.25) is 6.29 Å². The van der Waals surface area contributed by atoms with Crippen LogP contribution in [0.15, 0.2) is 11.6 Å². The van der Waals surface area contributed by atoms with Gasteiger partial charge in [-0.2, -0.15) is 0 Å². The summed E-state index contributed by atoms with van der Waals surface area (Å²) < 4.78 is 59.2. The van der Waals surface area contributed by atoms with Crippen LogP contribution in [0.1, 0.15) is 113 Å². The largest absolute Gasteiger partial charge is 0.432 e. The third kappa shape index (κ3) is 11.1. The summed E-state index contributed by atoms with van der Waals surface area (Å²) in [5.41, 5.74) is -2.63. The maximum absolute atomic E-state index is 15.3. The van der Waals surface area contributed by atoms with Gasteiger partial charge in [-0.15, -0.1) is 0 Å². The van der Waals surface area contributed by atoms with E-state index >= 15 is 4.79 Å². The van der Waals surface area contributed by atoms with Crippen molar-refractivity contribution in [1.82, 2.24) is 0 Å². The number of aliphatic hydroxyl groups is 16. The van der Waals surface area contributed by atoms with E-state index in [-0.39, 0.29) is 42.1 Å². The standard InChI is InChI=1S/C59H96O27/c1-23-34(64)38(68)42(72)49(79-23)84-46-28(20-61)81-48(45(75)41(46)71)78-22-29-37(67)40(70)44(74)51(82-29)86-53(76)59-16-15-54(2,3)17-25(59)24-9-10-31-56(6)13-12-33(55(4,5)30(56)11-14-57(31,7)58(24,8)18-32(59)63)83-52-47(35(65)26(62)21-77-52)85-50-43(73)39(69)36(66)27(19-60)80-50/h9,23,25-52,60-75H,10-22H2,1-8H3. The first-order chi connectivity index (χ1) is 40.2. The van der Waals surface area contributed by atoms with E-state index in [1.165, 1.54) is 6.92 Å². The average molecular weight is 1240 g/mol. The monoisotopic (exact) mass is 1240 g/mol. The number of carbonyl (C=O) groups is 1. The minimum Gasteiger partial charge on any atom is -0.432 e. The first-order valence-electron chi connectivity index (χ1n) is 30.7. The Bertz CT molecular complexity index is 2400. The molecule has 0 amide bonds. The highest BCUT2D eigenvalue weighted by Gasteiger charge is 2.72. The van der Waals surface area contributed by atoms with Gasteiger partial charge in [-0.1, -0.05) is 60.1 Å². The highest BCUT2D eigenvalue weighted by Crippen LogP contribution is 2.76. The van der Waals surface area contributed by atoms with Crippen LogP contribution in [0.5, 0.6) is 0 Å². The molecule has 0 spiro atoms. The Morgan fingerprint density at radius 3 is 1.80 bits per heavy atom. The molecule has 27 heteroatoms. The molecule has 10 rings (SSSR count). The second kappa shape index (κ2) is 24.6. The topological polar surface area (TPSA) is 433 Å². The molecule has 5 aliphatic carbocycles. The molecule has 0 aromatic carbocycles. The first-order valence-corrected chi connectivity index (χ1v) is 30.7. The fraction of sp³-hybridized carbons (Fsp3) is 0.949. The SMILES string of the molecule is CC1OC(OC2C(CO)OC(OCC3OC(OC(=O)C45CCC(C)(C)CC4C4=CCC6C7(C)CCC(OC8OCC(O)C(O)C8OC8OC(CO)C(O)C(O)C8O)C(C)(C)C7CCC6(C)C4(C)CC5O)C(O)C(O)C3O)C(O)C2O)C(O)C(O)C1O. The molecule has 33 unspecified atom stereocenters. The molecular formula is C59H96O27. The Hall–Kier alpha value is -1.79. The van der Waals surface area contributed by atoms with Gasteiger partial charge in [-0.25, -0.2) is 0 Å². The second-order valence-electron chi connectivity index (χ2n) is 28.8. The Labute approximate surface area is 499 Å². The van der Waals surface area contributed by atoms with Gasteiger partial charge < -0.3 is 129 Å². The van der Waals surface area contributed by atoms with Crippen molar-refractivity contribution < 1.29 is 134 Å². The van der Waals surface area contributed by atoms with Crippen LogP contribution >= 0.6 is 0 Å². The van der Waals surface area contributed by atoms with E-state index in [0.717, 1.165) is 18.4 Å². The Morgan fingerprint density at radius 2 is 1.14 bits per heavy atom. The van der Waals surface area contributed by atoms with Gasteiger partial charge >= 0.3 is 5.97 Å². The van der Waals surface area contributed by atoms with Crippen LogP contribution in [-0.2, 0) is 52.2 Å². The zero-order valence-electron chi connectivity index (χ0n) is 50.2. The van der Waals surface area contributed by atoms with E-state index in [0.29, 0.717) is 32.1 Å². The summed E-state index contributed by atoms with van der Waals surface area (Å²) in [5, 5.41) is 174. The molecule has 0 radical (unpaired) electrons. The third-order valence-corrected chi connectivity index (χ3v) is 23.1. The first kappa shape index (κ1) is 67.1. The van der Waals surface area contributed by atoms with Crippen LogP contribution in [0.4, 0.5) is 0 Å². The normalized spacial score (nSPS) is 54.5. The zero-order valence-corrected chi connectivity index (χ0v) is 50.2. The van der Waals surface area contributed by atoms with E-state index < -0.39 is 213 Å².